The van der Waals surface area contributed by atoms with Crippen molar-refractivity contribution in [3.8, 4) is 6.07 Å². The second-order valence-corrected chi connectivity index (χ2v) is 9.11. The van der Waals surface area contributed by atoms with E-state index in [1.165, 1.54) is 32.1 Å². The molecule has 3 N–H and O–H groups in total. The second-order valence-electron chi connectivity index (χ2n) is 9.11. The lowest BCUT2D eigenvalue weighted by atomic mass is 9.94. The molecular formula is C21H37N5O2. The van der Waals surface area contributed by atoms with Crippen LogP contribution >= 0.6 is 0 Å². The maximum absolute atomic E-state index is 13.1. The average Bonchev–Trinajstić information content (AvgIpc) is 3.13. The molecule has 2 heterocycles. The molecule has 0 radical (unpaired) electrons. The molecule has 0 aromatic rings. The van der Waals surface area contributed by atoms with Gasteiger partial charge in [0, 0.05) is 32.2 Å². The third-order valence-electron chi connectivity index (χ3n) is 6.30. The van der Waals surface area contributed by atoms with Gasteiger partial charge in [-0.2, -0.15) is 5.26 Å². The lowest BCUT2D eigenvalue weighted by Crippen LogP contribution is -2.59. The zero-order chi connectivity index (χ0) is 20.0. The summed E-state index contributed by atoms with van der Waals surface area (Å²) in [5.74, 6) is 0.301. The number of nitrogens with one attached hydrogen (secondary N) is 3. The van der Waals surface area contributed by atoms with E-state index in [1.54, 1.807) is 0 Å². The van der Waals surface area contributed by atoms with Crippen LogP contribution in [0.15, 0.2) is 0 Å². The van der Waals surface area contributed by atoms with Crippen LogP contribution in [-0.4, -0.2) is 67.4 Å². The first kappa shape index (κ1) is 21.5. The summed E-state index contributed by atoms with van der Waals surface area (Å²) in [6.45, 7) is 7.96. The Morgan fingerprint density at radius 3 is 2.79 bits per heavy atom. The van der Waals surface area contributed by atoms with Gasteiger partial charge in [0.2, 0.25) is 5.91 Å². The Kier molecular flexibility index (Phi) is 7.69. The first-order valence-corrected chi connectivity index (χ1v) is 11.1. The molecule has 7 heteroatoms. The molecule has 1 amide bonds. The maximum atomic E-state index is 13.1. The quantitative estimate of drug-likeness (QED) is 0.607. The summed E-state index contributed by atoms with van der Waals surface area (Å²) >= 11 is 0. The Labute approximate surface area is 169 Å². The third-order valence-corrected chi connectivity index (χ3v) is 6.30. The van der Waals surface area contributed by atoms with E-state index < -0.39 is 5.54 Å². The Hall–Kier alpha value is -1.20. The van der Waals surface area contributed by atoms with Crippen molar-refractivity contribution in [3.63, 3.8) is 0 Å². The molecule has 3 unspecified atom stereocenters. The Bertz CT molecular complexity index is 551. The standard InChI is InChI=1S/C21H37N5O2/c1-16(2)12-18(24-19-13-23-9-11-28-19)20(27)25-21(14-22)8-10-26(15-21)17-6-4-3-5-7-17/h16-19,23-24H,3-13,15H2,1-2H3,(H,25,27). The lowest BCUT2D eigenvalue weighted by Gasteiger charge is -2.33. The Morgan fingerprint density at radius 1 is 1.36 bits per heavy atom. The highest BCUT2D eigenvalue weighted by molar-refractivity contribution is 5.83. The van der Waals surface area contributed by atoms with E-state index >= 15 is 0 Å². The van der Waals surface area contributed by atoms with Crippen LogP contribution in [0.2, 0.25) is 0 Å². The number of ether oxygens (including phenoxy) is 1. The Morgan fingerprint density at radius 2 is 2.14 bits per heavy atom. The number of carbonyl (C=O) groups excluding carboxylic acids is 1. The van der Waals surface area contributed by atoms with Crippen LogP contribution in [-0.2, 0) is 9.53 Å². The summed E-state index contributed by atoms with van der Waals surface area (Å²) in [5.41, 5.74) is -0.767. The molecule has 7 nitrogen and oxygen atoms in total. The largest absolute Gasteiger partial charge is 0.361 e. The summed E-state index contributed by atoms with van der Waals surface area (Å²) in [6.07, 6.45) is 7.60. The SMILES string of the molecule is CC(C)CC(NC1CNCCO1)C(=O)NC1(C#N)CCN(C2CCCCC2)C1. The van der Waals surface area contributed by atoms with E-state index in [-0.39, 0.29) is 18.2 Å². The summed E-state index contributed by atoms with van der Waals surface area (Å²) in [5, 5.41) is 19.7. The summed E-state index contributed by atoms with van der Waals surface area (Å²) in [7, 11) is 0. The van der Waals surface area contributed by atoms with Gasteiger partial charge in [0.05, 0.1) is 18.7 Å². The summed E-state index contributed by atoms with van der Waals surface area (Å²) < 4.78 is 5.73. The average molecular weight is 392 g/mol. The van der Waals surface area contributed by atoms with Gasteiger partial charge in [0.15, 0.2) is 0 Å². The first-order valence-electron chi connectivity index (χ1n) is 11.1. The van der Waals surface area contributed by atoms with Gasteiger partial charge in [-0.15, -0.1) is 0 Å². The van der Waals surface area contributed by atoms with Crippen LogP contribution in [0, 0.1) is 17.2 Å². The lowest BCUT2D eigenvalue weighted by molar-refractivity contribution is -0.126. The third kappa shape index (κ3) is 5.66. The predicted octanol–water partition coefficient (Wildman–Crippen LogP) is 1.35. The van der Waals surface area contributed by atoms with Crippen molar-refractivity contribution in [1.29, 1.82) is 5.26 Å². The molecule has 2 saturated heterocycles. The van der Waals surface area contributed by atoms with Gasteiger partial charge in [0.1, 0.15) is 11.8 Å². The van der Waals surface area contributed by atoms with Gasteiger partial charge in [-0.3, -0.25) is 15.0 Å². The fourth-order valence-corrected chi connectivity index (χ4v) is 4.76. The van der Waals surface area contributed by atoms with Gasteiger partial charge in [-0.05, 0) is 31.6 Å². The molecule has 3 rings (SSSR count). The van der Waals surface area contributed by atoms with Crippen LogP contribution in [0.5, 0.6) is 0 Å². The van der Waals surface area contributed by atoms with Crippen molar-refractivity contribution in [1.82, 2.24) is 20.9 Å². The molecule has 3 fully saturated rings. The van der Waals surface area contributed by atoms with E-state index in [0.717, 1.165) is 19.5 Å². The summed E-state index contributed by atoms with van der Waals surface area (Å²) in [6, 6.07) is 2.67. The number of rotatable bonds is 7. The van der Waals surface area contributed by atoms with Gasteiger partial charge < -0.3 is 15.4 Å². The van der Waals surface area contributed by atoms with Crippen molar-refractivity contribution < 1.29 is 9.53 Å². The van der Waals surface area contributed by atoms with Crippen LogP contribution in [0.3, 0.4) is 0 Å². The topological polar surface area (TPSA) is 89.4 Å². The highest BCUT2D eigenvalue weighted by atomic mass is 16.5. The molecule has 28 heavy (non-hydrogen) atoms. The number of nitriles is 1. The number of hydrogen-bond donors (Lipinski definition) is 3. The van der Waals surface area contributed by atoms with E-state index in [0.29, 0.717) is 38.1 Å². The molecule has 1 saturated carbocycles. The number of amides is 1. The highest BCUT2D eigenvalue weighted by Gasteiger charge is 2.43. The van der Waals surface area contributed by atoms with Gasteiger partial charge in [-0.1, -0.05) is 33.1 Å². The molecule has 0 aromatic heterocycles. The highest BCUT2D eigenvalue weighted by Crippen LogP contribution is 2.29. The number of morpholine rings is 1. The zero-order valence-corrected chi connectivity index (χ0v) is 17.5. The molecule has 0 bridgehead atoms. The molecule has 2 aliphatic heterocycles. The van der Waals surface area contributed by atoms with E-state index in [4.69, 9.17) is 4.74 Å². The van der Waals surface area contributed by atoms with Crippen molar-refractivity contribution in [2.24, 2.45) is 5.92 Å². The molecule has 0 aromatic carbocycles. The second kappa shape index (κ2) is 10.0. The smallest absolute Gasteiger partial charge is 0.238 e. The molecule has 0 spiro atoms. The zero-order valence-electron chi connectivity index (χ0n) is 17.5. The predicted molar refractivity (Wildman–Crippen MR) is 109 cm³/mol. The van der Waals surface area contributed by atoms with E-state index in [2.05, 4.69) is 40.8 Å². The maximum Gasteiger partial charge on any atom is 0.238 e. The minimum atomic E-state index is -0.767. The molecule has 158 valence electrons. The Balaban J connectivity index is 1.60. The number of carbonyl (C=O) groups is 1. The van der Waals surface area contributed by atoms with Crippen molar-refractivity contribution in [3.05, 3.63) is 0 Å². The van der Waals surface area contributed by atoms with Gasteiger partial charge >= 0.3 is 0 Å². The fraction of sp³-hybridized carbons (Fsp3) is 0.905. The molecule has 3 aliphatic rings. The minimum Gasteiger partial charge on any atom is -0.361 e. The first-order chi connectivity index (χ1) is 13.5. The van der Waals surface area contributed by atoms with Crippen LogP contribution in [0.1, 0.15) is 58.8 Å². The van der Waals surface area contributed by atoms with Crippen LogP contribution < -0.4 is 16.0 Å². The normalized spacial score (nSPS) is 30.9. The number of likely N-dealkylation sites (tertiary alicyclic amines) is 1. The van der Waals surface area contributed by atoms with Crippen LogP contribution in [0.4, 0.5) is 0 Å². The molecular weight excluding hydrogens is 354 g/mol. The minimum absolute atomic E-state index is 0.0742. The van der Waals surface area contributed by atoms with Gasteiger partial charge in [-0.25, -0.2) is 0 Å². The monoisotopic (exact) mass is 391 g/mol. The van der Waals surface area contributed by atoms with Crippen molar-refractivity contribution in [2.75, 3.05) is 32.8 Å². The van der Waals surface area contributed by atoms with Crippen molar-refractivity contribution in [2.45, 2.75) is 82.6 Å². The summed E-state index contributed by atoms with van der Waals surface area (Å²) in [4.78, 5) is 15.6. The number of hydrogen-bond acceptors (Lipinski definition) is 6. The van der Waals surface area contributed by atoms with E-state index in [1.807, 2.05) is 0 Å². The van der Waals surface area contributed by atoms with Crippen LogP contribution in [0.25, 0.3) is 0 Å². The number of nitrogens with zero attached hydrogens (tertiary/aromatic N) is 2. The van der Waals surface area contributed by atoms with Gasteiger partial charge in [0.25, 0.3) is 0 Å². The van der Waals surface area contributed by atoms with E-state index in [9.17, 15) is 10.1 Å². The fourth-order valence-electron chi connectivity index (χ4n) is 4.76. The molecule has 1 aliphatic carbocycles. The van der Waals surface area contributed by atoms with Crippen molar-refractivity contribution >= 4 is 5.91 Å². The molecule has 3 atom stereocenters.